The van der Waals surface area contributed by atoms with E-state index in [2.05, 4.69) is 20.3 Å². The van der Waals surface area contributed by atoms with E-state index in [1.54, 1.807) is 12.3 Å². The number of nitrogens with zero attached hydrogens (tertiary/aromatic N) is 3. The van der Waals surface area contributed by atoms with Crippen molar-refractivity contribution in [2.24, 2.45) is 0 Å². The largest absolute Gasteiger partial charge is 0.383 e. The lowest BCUT2D eigenvalue weighted by molar-refractivity contribution is -0.120. The van der Waals surface area contributed by atoms with Gasteiger partial charge in [0.05, 0.1) is 6.04 Å². The molecule has 0 saturated carbocycles. The van der Waals surface area contributed by atoms with Crippen molar-refractivity contribution >= 4 is 28.3 Å². The van der Waals surface area contributed by atoms with Gasteiger partial charge in [-0.3, -0.25) is 9.59 Å². The van der Waals surface area contributed by atoms with E-state index in [4.69, 9.17) is 5.73 Å². The van der Waals surface area contributed by atoms with Crippen LogP contribution in [-0.2, 0) is 17.6 Å². The number of hydrogen-bond acceptors (Lipinski definition) is 6. The zero-order valence-electron chi connectivity index (χ0n) is 20.5. The van der Waals surface area contributed by atoms with Crippen molar-refractivity contribution in [3.8, 4) is 0 Å². The van der Waals surface area contributed by atoms with Crippen molar-refractivity contribution < 1.29 is 18.4 Å². The number of nitrogens with two attached hydrogens (primary N) is 1. The first-order valence-corrected chi connectivity index (χ1v) is 11.9. The number of fused-ring (bicyclic) bond motifs is 1. The fourth-order valence-electron chi connectivity index (χ4n) is 4.02. The number of nitrogens with one attached hydrogen (secondary N) is 1. The molecule has 0 aliphatic carbocycles. The molecule has 1 atom stereocenters. The van der Waals surface area contributed by atoms with Gasteiger partial charge in [-0.05, 0) is 59.5 Å². The van der Waals surface area contributed by atoms with Gasteiger partial charge in [-0.2, -0.15) is 0 Å². The number of carbonyl (C=O) groups is 2. The number of rotatable bonds is 9. The molecular formula is C28H27F2N5O2. The zero-order valence-corrected chi connectivity index (χ0v) is 20.5. The van der Waals surface area contributed by atoms with E-state index in [1.807, 2.05) is 38.1 Å². The third-order valence-electron chi connectivity index (χ3n) is 6.11. The minimum atomic E-state index is -1.02. The monoisotopic (exact) mass is 503 g/mol. The zero-order chi connectivity index (χ0) is 26.5. The van der Waals surface area contributed by atoms with Gasteiger partial charge in [-0.1, -0.05) is 38.1 Å². The first-order chi connectivity index (χ1) is 17.7. The number of amides is 1. The van der Waals surface area contributed by atoms with E-state index in [1.165, 1.54) is 12.3 Å². The summed E-state index contributed by atoms with van der Waals surface area (Å²) < 4.78 is 27.3. The first kappa shape index (κ1) is 25.8. The van der Waals surface area contributed by atoms with Gasteiger partial charge in [0, 0.05) is 29.9 Å². The number of carbonyl (C=O) groups excluding carboxylic acids is 2. The quantitative estimate of drug-likeness (QED) is 0.347. The van der Waals surface area contributed by atoms with Crippen molar-refractivity contribution in [2.45, 2.75) is 45.1 Å². The Morgan fingerprint density at radius 3 is 2.46 bits per heavy atom. The topological polar surface area (TPSA) is 111 Å². The van der Waals surface area contributed by atoms with Crippen molar-refractivity contribution in [3.05, 3.63) is 95.2 Å². The number of pyridine rings is 1. The highest BCUT2D eigenvalue weighted by molar-refractivity contribution is 5.96. The van der Waals surface area contributed by atoms with Crippen LogP contribution in [-0.4, -0.2) is 32.7 Å². The molecule has 0 fully saturated rings. The summed E-state index contributed by atoms with van der Waals surface area (Å²) in [5, 5.41) is 4.43. The van der Waals surface area contributed by atoms with E-state index in [9.17, 15) is 18.4 Å². The van der Waals surface area contributed by atoms with Gasteiger partial charge < -0.3 is 11.1 Å². The summed E-state index contributed by atoms with van der Waals surface area (Å²) in [6, 6.07) is 11.7. The van der Waals surface area contributed by atoms with Crippen molar-refractivity contribution in [3.63, 3.8) is 0 Å². The van der Waals surface area contributed by atoms with Crippen molar-refractivity contribution in [1.82, 2.24) is 20.3 Å². The van der Waals surface area contributed by atoms with Crippen molar-refractivity contribution in [1.29, 1.82) is 0 Å². The van der Waals surface area contributed by atoms with E-state index < -0.39 is 23.6 Å². The maximum Gasteiger partial charge on any atom is 0.289 e. The molecule has 0 unspecified atom stereocenters. The highest BCUT2D eigenvalue weighted by Gasteiger charge is 2.24. The second-order valence-corrected chi connectivity index (χ2v) is 9.16. The van der Waals surface area contributed by atoms with Crippen LogP contribution in [0.25, 0.3) is 10.8 Å². The summed E-state index contributed by atoms with van der Waals surface area (Å²) in [6.07, 6.45) is 3.64. The Balaban J connectivity index is 1.53. The van der Waals surface area contributed by atoms with Crippen LogP contribution in [0, 0.1) is 11.6 Å². The second kappa shape index (κ2) is 11.2. The normalized spacial score (nSPS) is 12.0. The summed E-state index contributed by atoms with van der Waals surface area (Å²) in [4.78, 5) is 38.6. The Bertz CT molecular complexity index is 1460. The molecule has 37 heavy (non-hydrogen) atoms. The Labute approximate surface area is 213 Å². The molecule has 0 saturated heterocycles. The third kappa shape index (κ3) is 6.30. The lowest BCUT2D eigenvalue weighted by Crippen LogP contribution is -2.43. The third-order valence-corrected chi connectivity index (χ3v) is 6.11. The van der Waals surface area contributed by atoms with Gasteiger partial charge >= 0.3 is 0 Å². The van der Waals surface area contributed by atoms with Crippen LogP contribution in [0.4, 0.5) is 14.6 Å². The molecule has 1 amide bonds. The van der Waals surface area contributed by atoms with Gasteiger partial charge in [0.2, 0.25) is 5.82 Å². The summed E-state index contributed by atoms with van der Waals surface area (Å²) in [5.41, 5.74) is 7.90. The highest BCUT2D eigenvalue weighted by Crippen LogP contribution is 2.21. The van der Waals surface area contributed by atoms with Gasteiger partial charge in [0.1, 0.15) is 5.82 Å². The molecule has 4 aromatic rings. The molecule has 0 aliphatic rings. The molecule has 2 aromatic carbocycles. The maximum absolute atomic E-state index is 13.8. The average molecular weight is 504 g/mol. The van der Waals surface area contributed by atoms with Crippen molar-refractivity contribution in [2.75, 3.05) is 5.73 Å². The molecule has 2 heterocycles. The minimum Gasteiger partial charge on any atom is -0.383 e. The Hall–Kier alpha value is -4.27. The molecule has 190 valence electrons. The van der Waals surface area contributed by atoms with Crippen LogP contribution in [0.5, 0.6) is 0 Å². The first-order valence-electron chi connectivity index (χ1n) is 11.9. The van der Waals surface area contributed by atoms with Crippen LogP contribution >= 0.6 is 0 Å². The molecular weight excluding hydrogens is 476 g/mol. The number of halogens is 2. The molecule has 2 aromatic heterocycles. The van der Waals surface area contributed by atoms with E-state index in [-0.39, 0.29) is 30.4 Å². The Morgan fingerprint density at radius 1 is 0.946 bits per heavy atom. The number of nitrogen functional groups attached to an aromatic ring is 1. The SMILES string of the molecule is CC(C)c1ccnc(C(=O)N[C@@H](Cc2ccc(F)c(F)c2)C(=O)CCc2ccc3c(N)nccc3c2)n1. The molecule has 0 bridgehead atoms. The summed E-state index contributed by atoms with van der Waals surface area (Å²) in [7, 11) is 0. The molecule has 4 rings (SSSR count). The van der Waals surface area contributed by atoms with Crippen LogP contribution in [0.2, 0.25) is 0 Å². The average Bonchev–Trinajstić information content (AvgIpc) is 2.89. The fourth-order valence-corrected chi connectivity index (χ4v) is 4.02. The number of anilines is 1. The summed E-state index contributed by atoms with van der Waals surface area (Å²) in [6.45, 7) is 3.88. The number of benzene rings is 2. The molecule has 3 N–H and O–H groups in total. The molecule has 0 spiro atoms. The maximum atomic E-state index is 13.8. The predicted octanol–water partition coefficient (Wildman–Crippen LogP) is 4.55. The second-order valence-electron chi connectivity index (χ2n) is 9.16. The van der Waals surface area contributed by atoms with E-state index in [0.29, 0.717) is 23.5 Å². The van der Waals surface area contributed by atoms with Gasteiger partial charge in [0.15, 0.2) is 17.4 Å². The van der Waals surface area contributed by atoms with Crippen LogP contribution in [0.15, 0.2) is 60.9 Å². The molecule has 9 heteroatoms. The van der Waals surface area contributed by atoms with E-state index >= 15 is 0 Å². The number of aromatic nitrogens is 3. The molecule has 0 aliphatic heterocycles. The predicted molar refractivity (Wildman–Crippen MR) is 137 cm³/mol. The van der Waals surface area contributed by atoms with Gasteiger partial charge in [0.25, 0.3) is 5.91 Å². The standard InChI is InChI=1S/C28H27F2N5O2/c1-16(2)23-10-12-33-27(34-23)28(37)35-24(15-18-4-7-21(29)22(30)14-18)25(36)8-5-17-3-6-20-19(13-17)9-11-32-26(20)31/h3-4,6-7,9-14,16,24H,5,8,15H2,1-2H3,(H2,31,32)(H,35,37)/t24-/m0/s1. The summed E-state index contributed by atoms with van der Waals surface area (Å²) in [5.74, 6) is -2.42. The van der Waals surface area contributed by atoms with Crippen LogP contribution < -0.4 is 11.1 Å². The lowest BCUT2D eigenvalue weighted by Gasteiger charge is -2.18. The number of aryl methyl sites for hydroxylation is 1. The Kier molecular flexibility index (Phi) is 7.81. The van der Waals surface area contributed by atoms with Gasteiger partial charge in [-0.15, -0.1) is 0 Å². The summed E-state index contributed by atoms with van der Waals surface area (Å²) >= 11 is 0. The fraction of sp³-hybridized carbons (Fsp3) is 0.250. The number of Topliss-reactive ketones (excluding diaryl/α,β-unsaturated/α-hetero) is 1. The minimum absolute atomic E-state index is 0.00837. The van der Waals surface area contributed by atoms with Gasteiger partial charge in [-0.25, -0.2) is 23.7 Å². The molecule has 0 radical (unpaired) electrons. The molecule has 7 nitrogen and oxygen atoms in total. The number of ketones is 1. The van der Waals surface area contributed by atoms with Crippen LogP contribution in [0.1, 0.15) is 53.6 Å². The number of hydrogen-bond donors (Lipinski definition) is 2. The lowest BCUT2D eigenvalue weighted by atomic mass is 9.96. The highest BCUT2D eigenvalue weighted by atomic mass is 19.2. The van der Waals surface area contributed by atoms with E-state index in [0.717, 1.165) is 28.5 Å². The van der Waals surface area contributed by atoms with Crippen LogP contribution in [0.3, 0.4) is 0 Å². The smallest absolute Gasteiger partial charge is 0.289 e. The Morgan fingerprint density at radius 2 is 1.70 bits per heavy atom.